The molecule has 3 nitrogen and oxygen atoms in total. The van der Waals surface area contributed by atoms with Gasteiger partial charge in [0.25, 0.3) is 0 Å². The van der Waals surface area contributed by atoms with E-state index < -0.39 is 0 Å². The van der Waals surface area contributed by atoms with Gasteiger partial charge in [0, 0.05) is 16.7 Å². The molecular formula is C33H40O3. The number of ketones is 1. The van der Waals surface area contributed by atoms with E-state index in [0.717, 1.165) is 69.3 Å². The monoisotopic (exact) mass is 484 g/mol. The lowest BCUT2D eigenvalue weighted by atomic mass is 9.82. The number of hydrogen-bond acceptors (Lipinski definition) is 3. The molecule has 3 heteroatoms. The second kappa shape index (κ2) is 10.3. The largest absolute Gasteiger partial charge is 0.371 e. The molecule has 1 aliphatic rings. The van der Waals surface area contributed by atoms with Crippen molar-refractivity contribution in [3.63, 3.8) is 0 Å². The van der Waals surface area contributed by atoms with Crippen LogP contribution in [0.25, 0.3) is 22.3 Å². The second-order valence-corrected chi connectivity index (χ2v) is 11.7. The molecule has 0 heterocycles. The first-order valence-corrected chi connectivity index (χ1v) is 13.2. The van der Waals surface area contributed by atoms with Crippen molar-refractivity contribution in [1.82, 2.24) is 0 Å². The quantitative estimate of drug-likeness (QED) is 0.251. The van der Waals surface area contributed by atoms with Gasteiger partial charge >= 0.3 is 0 Å². The lowest BCUT2D eigenvalue weighted by molar-refractivity contribution is -0.0244. The molecule has 0 aromatic heterocycles. The molecule has 0 aliphatic heterocycles. The molecule has 0 saturated heterocycles. The predicted octanol–water partition coefficient (Wildman–Crippen LogP) is 8.54. The normalized spacial score (nSPS) is 13.1. The number of fused-ring (bicyclic) bond motifs is 3. The molecule has 0 bridgehead atoms. The Morgan fingerprint density at radius 3 is 1.78 bits per heavy atom. The fourth-order valence-corrected chi connectivity index (χ4v) is 4.93. The van der Waals surface area contributed by atoms with Crippen LogP contribution in [0.2, 0.25) is 0 Å². The van der Waals surface area contributed by atoms with Crippen LogP contribution in [0.3, 0.4) is 0 Å². The van der Waals surface area contributed by atoms with Gasteiger partial charge in [0.15, 0.2) is 5.78 Å². The van der Waals surface area contributed by atoms with Crippen molar-refractivity contribution >= 4 is 5.78 Å². The molecule has 0 radical (unpaired) electrons. The predicted molar refractivity (Wildman–Crippen MR) is 148 cm³/mol. The highest BCUT2D eigenvalue weighted by atomic mass is 16.5. The van der Waals surface area contributed by atoms with E-state index in [9.17, 15) is 4.79 Å². The Morgan fingerprint density at radius 1 is 0.639 bits per heavy atom. The first-order valence-electron chi connectivity index (χ1n) is 13.2. The molecule has 1 aliphatic carbocycles. The Bertz CT molecular complexity index is 1240. The van der Waals surface area contributed by atoms with Crippen molar-refractivity contribution in [3.05, 3.63) is 82.4 Å². The van der Waals surface area contributed by atoms with Crippen LogP contribution in [-0.4, -0.2) is 17.0 Å². The highest BCUT2D eigenvalue weighted by Crippen LogP contribution is 2.49. The van der Waals surface area contributed by atoms with Crippen molar-refractivity contribution in [3.8, 4) is 22.3 Å². The van der Waals surface area contributed by atoms with Crippen LogP contribution in [0, 0.1) is 0 Å². The topological polar surface area (TPSA) is 35.5 Å². The van der Waals surface area contributed by atoms with Gasteiger partial charge in [-0.25, -0.2) is 0 Å². The molecule has 3 aromatic carbocycles. The van der Waals surface area contributed by atoms with Gasteiger partial charge in [-0.1, -0.05) is 67.9 Å². The van der Waals surface area contributed by atoms with E-state index in [0.29, 0.717) is 13.2 Å². The summed E-state index contributed by atoms with van der Waals surface area (Å²) in [6.07, 6.45) is 2.92. The van der Waals surface area contributed by atoms with E-state index in [-0.39, 0.29) is 17.0 Å². The van der Waals surface area contributed by atoms with Gasteiger partial charge in [-0.15, -0.1) is 0 Å². The summed E-state index contributed by atoms with van der Waals surface area (Å²) in [4.78, 5) is 14.0. The first-order chi connectivity index (χ1) is 17.0. The van der Waals surface area contributed by atoms with Gasteiger partial charge < -0.3 is 9.47 Å². The van der Waals surface area contributed by atoms with Crippen molar-refractivity contribution < 1.29 is 14.3 Å². The minimum atomic E-state index is -0.303. The maximum atomic E-state index is 14.0. The van der Waals surface area contributed by atoms with Crippen LogP contribution in [0.15, 0.2) is 54.6 Å². The van der Waals surface area contributed by atoms with Crippen LogP contribution in [0.4, 0.5) is 0 Å². The zero-order valence-corrected chi connectivity index (χ0v) is 23.0. The summed E-state index contributed by atoms with van der Waals surface area (Å²) >= 11 is 0. The smallest absolute Gasteiger partial charge is 0.194 e. The standard InChI is InChI=1S/C33H40O3/c1-8-9-17-24-26(20-35-32(2,3)4)27(21-36-33(5,6)7)28(22-15-11-10-12-16-22)29-23-18-13-14-19-25(23)31(34)30(24)29/h10-16,18-19H,8-9,17,20-21H2,1-7H3. The summed E-state index contributed by atoms with van der Waals surface area (Å²) in [6.45, 7) is 15.6. The Labute approximate surface area is 216 Å². The summed E-state index contributed by atoms with van der Waals surface area (Å²) in [5.41, 5.74) is 8.70. The minimum absolute atomic E-state index is 0.129. The highest BCUT2D eigenvalue weighted by Gasteiger charge is 2.36. The summed E-state index contributed by atoms with van der Waals surface area (Å²) < 4.78 is 12.8. The van der Waals surface area contributed by atoms with Crippen LogP contribution in [0.1, 0.15) is 93.9 Å². The van der Waals surface area contributed by atoms with E-state index in [2.05, 4.69) is 78.8 Å². The Hall–Kier alpha value is -2.75. The fourth-order valence-electron chi connectivity index (χ4n) is 4.93. The fraction of sp³-hybridized carbons (Fsp3) is 0.424. The Kier molecular flexibility index (Phi) is 7.54. The van der Waals surface area contributed by atoms with Gasteiger partial charge in [-0.05, 0) is 87.8 Å². The van der Waals surface area contributed by atoms with Crippen LogP contribution >= 0.6 is 0 Å². The molecule has 36 heavy (non-hydrogen) atoms. The van der Waals surface area contributed by atoms with Gasteiger partial charge in [0.2, 0.25) is 0 Å². The van der Waals surface area contributed by atoms with Gasteiger partial charge in [-0.2, -0.15) is 0 Å². The number of unbranched alkanes of at least 4 members (excludes halogenated alkanes) is 1. The van der Waals surface area contributed by atoms with Crippen molar-refractivity contribution in [1.29, 1.82) is 0 Å². The van der Waals surface area contributed by atoms with Crippen molar-refractivity contribution in [2.45, 2.75) is 92.1 Å². The van der Waals surface area contributed by atoms with E-state index in [4.69, 9.17) is 9.47 Å². The lowest BCUT2D eigenvalue weighted by Gasteiger charge is -2.29. The molecule has 0 atom stereocenters. The summed E-state index contributed by atoms with van der Waals surface area (Å²) in [7, 11) is 0. The third kappa shape index (κ3) is 5.48. The molecule has 0 saturated carbocycles. The van der Waals surface area contributed by atoms with Crippen LogP contribution < -0.4 is 0 Å². The molecule has 0 N–H and O–H groups in total. The number of carbonyl (C=O) groups is 1. The minimum Gasteiger partial charge on any atom is -0.371 e. The Morgan fingerprint density at radius 2 is 1.19 bits per heavy atom. The van der Waals surface area contributed by atoms with Gasteiger partial charge in [0.1, 0.15) is 0 Å². The third-order valence-electron chi connectivity index (χ3n) is 6.64. The molecular weight excluding hydrogens is 444 g/mol. The molecule has 190 valence electrons. The molecule has 4 rings (SSSR count). The number of hydrogen-bond donors (Lipinski definition) is 0. The van der Waals surface area contributed by atoms with E-state index in [1.807, 2.05) is 24.3 Å². The average Bonchev–Trinajstić information content (AvgIpc) is 3.12. The molecule has 0 fully saturated rings. The molecule has 0 unspecified atom stereocenters. The number of rotatable bonds is 8. The molecule has 0 spiro atoms. The SMILES string of the molecule is CCCCc1c(COC(C)(C)C)c(COC(C)(C)C)c(-c2ccccc2)c2c1C(=O)c1ccccc1-2. The number of ether oxygens (including phenoxy) is 2. The van der Waals surface area contributed by atoms with Crippen molar-refractivity contribution in [2.24, 2.45) is 0 Å². The molecule has 0 amide bonds. The summed E-state index contributed by atoms with van der Waals surface area (Å²) in [6, 6.07) is 18.5. The van der Waals surface area contributed by atoms with Crippen LogP contribution in [-0.2, 0) is 29.1 Å². The number of carbonyl (C=O) groups excluding carboxylic acids is 1. The third-order valence-corrected chi connectivity index (χ3v) is 6.64. The first kappa shape index (κ1) is 26.3. The van der Waals surface area contributed by atoms with E-state index >= 15 is 0 Å². The Balaban J connectivity index is 2.10. The highest BCUT2D eigenvalue weighted by molar-refractivity contribution is 6.25. The maximum absolute atomic E-state index is 14.0. The maximum Gasteiger partial charge on any atom is 0.194 e. The van der Waals surface area contributed by atoms with Gasteiger partial charge in [-0.3, -0.25) is 4.79 Å². The van der Waals surface area contributed by atoms with E-state index in [1.54, 1.807) is 0 Å². The zero-order valence-electron chi connectivity index (χ0n) is 23.0. The number of benzene rings is 3. The lowest BCUT2D eigenvalue weighted by Crippen LogP contribution is -2.23. The molecule has 3 aromatic rings. The second-order valence-electron chi connectivity index (χ2n) is 11.7. The van der Waals surface area contributed by atoms with E-state index in [1.165, 1.54) is 0 Å². The summed E-state index contributed by atoms with van der Waals surface area (Å²) in [5, 5.41) is 0. The average molecular weight is 485 g/mol. The summed E-state index contributed by atoms with van der Waals surface area (Å²) in [5.74, 6) is 0.129. The zero-order chi connectivity index (χ0) is 26.1. The van der Waals surface area contributed by atoms with Crippen molar-refractivity contribution in [2.75, 3.05) is 0 Å². The van der Waals surface area contributed by atoms with Gasteiger partial charge in [0.05, 0.1) is 24.4 Å². The van der Waals surface area contributed by atoms with Crippen LogP contribution in [0.5, 0.6) is 0 Å².